The average Bonchev–Trinajstić information content (AvgIpc) is 2.34. The molecule has 0 unspecified atom stereocenters. The van der Waals surface area contributed by atoms with Gasteiger partial charge in [0.25, 0.3) is 0 Å². The Labute approximate surface area is 102 Å². The molecule has 0 aromatic heterocycles. The average molecular weight is 236 g/mol. The molecule has 1 aliphatic rings. The summed E-state index contributed by atoms with van der Waals surface area (Å²) >= 11 is 0. The summed E-state index contributed by atoms with van der Waals surface area (Å²) in [6, 6.07) is 6.07. The SMILES string of the molecule is COc1ccc(N[C@H]2CC[C@H](O)CC2)c(N)c1. The third kappa shape index (κ3) is 3.03. The van der Waals surface area contributed by atoms with Gasteiger partial charge in [-0.3, -0.25) is 0 Å². The van der Waals surface area contributed by atoms with E-state index in [0.717, 1.165) is 37.1 Å². The van der Waals surface area contributed by atoms with Gasteiger partial charge in [0, 0.05) is 12.1 Å². The highest BCUT2D eigenvalue weighted by atomic mass is 16.5. The summed E-state index contributed by atoms with van der Waals surface area (Å²) in [5.41, 5.74) is 7.60. The smallest absolute Gasteiger partial charge is 0.121 e. The standard InChI is InChI=1S/C13H20N2O2/c1-17-11-6-7-13(12(14)8-11)15-9-2-4-10(16)5-3-9/h6-10,15-16H,2-5,14H2,1H3/t9-,10-. The molecule has 0 amide bonds. The van der Waals surface area contributed by atoms with Crippen molar-refractivity contribution in [1.29, 1.82) is 0 Å². The van der Waals surface area contributed by atoms with Gasteiger partial charge in [-0.2, -0.15) is 0 Å². The van der Waals surface area contributed by atoms with Gasteiger partial charge in [0.2, 0.25) is 0 Å². The van der Waals surface area contributed by atoms with Crippen LogP contribution in [0.2, 0.25) is 0 Å². The number of aliphatic hydroxyl groups is 1. The van der Waals surface area contributed by atoms with Crippen LogP contribution in [0.3, 0.4) is 0 Å². The zero-order chi connectivity index (χ0) is 12.3. The van der Waals surface area contributed by atoms with E-state index in [9.17, 15) is 5.11 Å². The van der Waals surface area contributed by atoms with Crippen LogP contribution in [0.4, 0.5) is 11.4 Å². The Kier molecular flexibility index (Phi) is 3.74. The highest BCUT2D eigenvalue weighted by Gasteiger charge is 2.19. The third-order valence-corrected chi connectivity index (χ3v) is 3.32. The van der Waals surface area contributed by atoms with Gasteiger partial charge in [0.15, 0.2) is 0 Å². The maximum atomic E-state index is 9.45. The number of hydrogen-bond acceptors (Lipinski definition) is 4. The molecule has 1 aliphatic carbocycles. The van der Waals surface area contributed by atoms with Crippen LogP contribution in [0.15, 0.2) is 18.2 Å². The molecule has 2 rings (SSSR count). The van der Waals surface area contributed by atoms with Gasteiger partial charge in [-0.05, 0) is 37.8 Å². The summed E-state index contributed by atoms with van der Waals surface area (Å²) in [4.78, 5) is 0. The topological polar surface area (TPSA) is 67.5 Å². The van der Waals surface area contributed by atoms with Gasteiger partial charge in [-0.1, -0.05) is 0 Å². The Morgan fingerprint density at radius 1 is 1.29 bits per heavy atom. The number of nitrogens with one attached hydrogen (secondary N) is 1. The molecule has 1 aromatic rings. The predicted molar refractivity (Wildman–Crippen MR) is 69.3 cm³/mol. The summed E-state index contributed by atoms with van der Waals surface area (Å²) in [5, 5.41) is 12.9. The molecule has 4 nitrogen and oxygen atoms in total. The molecule has 1 saturated carbocycles. The number of nitrogen functional groups attached to an aromatic ring is 1. The van der Waals surface area contributed by atoms with Crippen LogP contribution in [-0.2, 0) is 0 Å². The Hall–Kier alpha value is -1.42. The third-order valence-electron chi connectivity index (χ3n) is 3.32. The van der Waals surface area contributed by atoms with E-state index in [0.29, 0.717) is 11.7 Å². The van der Waals surface area contributed by atoms with Crippen molar-refractivity contribution in [2.45, 2.75) is 37.8 Å². The first-order valence-electron chi connectivity index (χ1n) is 6.07. The molecule has 0 heterocycles. The molecule has 4 heteroatoms. The Morgan fingerprint density at radius 3 is 2.59 bits per heavy atom. The van der Waals surface area contributed by atoms with E-state index in [1.165, 1.54) is 0 Å². The molecule has 0 atom stereocenters. The van der Waals surface area contributed by atoms with E-state index in [-0.39, 0.29) is 6.10 Å². The molecule has 94 valence electrons. The van der Waals surface area contributed by atoms with Crippen LogP contribution in [-0.4, -0.2) is 24.4 Å². The number of benzene rings is 1. The first-order chi connectivity index (χ1) is 8.19. The zero-order valence-electron chi connectivity index (χ0n) is 10.1. The van der Waals surface area contributed by atoms with Gasteiger partial charge in [-0.15, -0.1) is 0 Å². The molecule has 1 fully saturated rings. The first kappa shape index (κ1) is 12.0. The van der Waals surface area contributed by atoms with Crippen LogP contribution in [0.1, 0.15) is 25.7 Å². The summed E-state index contributed by atoms with van der Waals surface area (Å²) in [6.45, 7) is 0. The fourth-order valence-corrected chi connectivity index (χ4v) is 2.24. The second-order valence-electron chi connectivity index (χ2n) is 4.60. The van der Waals surface area contributed by atoms with Crippen LogP contribution in [0.5, 0.6) is 5.75 Å². The van der Waals surface area contributed by atoms with Crippen molar-refractivity contribution < 1.29 is 9.84 Å². The Morgan fingerprint density at radius 2 is 2.00 bits per heavy atom. The van der Waals surface area contributed by atoms with Crippen LogP contribution in [0.25, 0.3) is 0 Å². The second-order valence-corrected chi connectivity index (χ2v) is 4.60. The summed E-state index contributed by atoms with van der Waals surface area (Å²) < 4.78 is 5.11. The van der Waals surface area contributed by atoms with Crippen molar-refractivity contribution in [3.63, 3.8) is 0 Å². The number of rotatable bonds is 3. The quantitative estimate of drug-likeness (QED) is 0.702. The van der Waals surface area contributed by atoms with E-state index in [1.54, 1.807) is 7.11 Å². The lowest BCUT2D eigenvalue weighted by Gasteiger charge is -2.27. The number of aliphatic hydroxyl groups excluding tert-OH is 1. The van der Waals surface area contributed by atoms with Gasteiger partial charge < -0.3 is 20.9 Å². The predicted octanol–water partition coefficient (Wildman–Crippen LogP) is 1.99. The molecule has 0 spiro atoms. The zero-order valence-corrected chi connectivity index (χ0v) is 10.1. The van der Waals surface area contributed by atoms with Gasteiger partial charge in [0.05, 0.1) is 24.6 Å². The van der Waals surface area contributed by atoms with E-state index in [2.05, 4.69) is 5.32 Å². The molecule has 1 aromatic carbocycles. The Balaban J connectivity index is 1.99. The van der Waals surface area contributed by atoms with E-state index < -0.39 is 0 Å². The fraction of sp³-hybridized carbons (Fsp3) is 0.538. The minimum absolute atomic E-state index is 0.124. The summed E-state index contributed by atoms with van der Waals surface area (Å²) in [7, 11) is 1.63. The van der Waals surface area contributed by atoms with Crippen LogP contribution >= 0.6 is 0 Å². The molecule has 0 aliphatic heterocycles. The molecular formula is C13H20N2O2. The monoisotopic (exact) mass is 236 g/mol. The largest absolute Gasteiger partial charge is 0.497 e. The second kappa shape index (κ2) is 5.27. The van der Waals surface area contributed by atoms with Gasteiger partial charge in [0.1, 0.15) is 5.75 Å². The normalized spacial score (nSPS) is 24.4. The highest BCUT2D eigenvalue weighted by Crippen LogP contribution is 2.28. The number of ether oxygens (including phenoxy) is 1. The fourth-order valence-electron chi connectivity index (χ4n) is 2.24. The number of methoxy groups -OCH3 is 1. The van der Waals surface area contributed by atoms with Crippen LogP contribution < -0.4 is 15.8 Å². The van der Waals surface area contributed by atoms with Crippen molar-refractivity contribution in [3.8, 4) is 5.75 Å². The lowest BCUT2D eigenvalue weighted by molar-refractivity contribution is 0.126. The van der Waals surface area contributed by atoms with Crippen molar-refractivity contribution in [1.82, 2.24) is 0 Å². The van der Waals surface area contributed by atoms with E-state index >= 15 is 0 Å². The molecule has 0 bridgehead atoms. The minimum Gasteiger partial charge on any atom is -0.497 e. The molecule has 0 radical (unpaired) electrons. The van der Waals surface area contributed by atoms with E-state index in [1.807, 2.05) is 18.2 Å². The minimum atomic E-state index is -0.124. The molecular weight excluding hydrogens is 216 g/mol. The van der Waals surface area contributed by atoms with Crippen molar-refractivity contribution in [2.75, 3.05) is 18.2 Å². The lowest BCUT2D eigenvalue weighted by Crippen LogP contribution is -2.28. The van der Waals surface area contributed by atoms with Crippen molar-refractivity contribution >= 4 is 11.4 Å². The maximum Gasteiger partial charge on any atom is 0.121 e. The number of anilines is 2. The number of hydrogen-bond donors (Lipinski definition) is 3. The summed E-state index contributed by atoms with van der Waals surface area (Å²) in [6.07, 6.45) is 3.60. The van der Waals surface area contributed by atoms with E-state index in [4.69, 9.17) is 10.5 Å². The Bertz CT molecular complexity index is 374. The molecule has 4 N–H and O–H groups in total. The molecule has 0 saturated heterocycles. The maximum absolute atomic E-state index is 9.45. The van der Waals surface area contributed by atoms with Crippen LogP contribution in [0, 0.1) is 0 Å². The summed E-state index contributed by atoms with van der Waals surface area (Å²) in [5.74, 6) is 0.770. The van der Waals surface area contributed by atoms with Crippen molar-refractivity contribution in [3.05, 3.63) is 18.2 Å². The van der Waals surface area contributed by atoms with Gasteiger partial charge in [-0.25, -0.2) is 0 Å². The lowest BCUT2D eigenvalue weighted by atomic mass is 9.93. The van der Waals surface area contributed by atoms with Crippen molar-refractivity contribution in [2.24, 2.45) is 0 Å². The number of nitrogens with two attached hydrogens (primary N) is 1. The highest BCUT2D eigenvalue weighted by molar-refractivity contribution is 5.68. The molecule has 17 heavy (non-hydrogen) atoms. The first-order valence-corrected chi connectivity index (χ1v) is 6.07. The van der Waals surface area contributed by atoms with Gasteiger partial charge >= 0.3 is 0 Å².